The quantitative estimate of drug-likeness (QED) is 0.0220. The molecule has 7 amide bonds. The fraction of sp³-hybridized carbons (Fsp3) is 0.600. The average molecular weight is 1460 g/mol. The van der Waals surface area contributed by atoms with Crippen molar-refractivity contribution in [2.45, 2.75) is 106 Å². The third-order valence-corrected chi connectivity index (χ3v) is 19.6. The average Bonchev–Trinajstić information content (AvgIpc) is 1.79. The predicted molar refractivity (Wildman–Crippen MR) is 359 cm³/mol. The molecular formula is C65H89F2IN12O14S. The molecule has 6 N–H and O–H groups in total. The number of aliphatic carboxylic acids is 3. The van der Waals surface area contributed by atoms with Crippen LogP contribution in [-0.2, 0) is 49.6 Å². The minimum atomic E-state index is -3.06. The van der Waals surface area contributed by atoms with Crippen molar-refractivity contribution in [1.29, 1.82) is 0 Å². The van der Waals surface area contributed by atoms with Crippen molar-refractivity contribution in [3.8, 4) is 5.75 Å². The standard InChI is InChI=1S/C65H89F2IN12O14S/c1-69-36-48-35-65(66,67)44-80(48)58(84)38-73-63(92)51-17-21-70-53-16-15-49(33-52(51)53)94-32-6-8-46-18-22-78(23-19-46)59(85)40-79-57(83)34-54(64(79)93)95-50(9-3-2-4-20-71-55(81)10-5-7-45-11-13-47(68)14-12-45)37-72-56(82)39-74-24-26-75(41-60(86)87)28-30-77(43-62(90)91)31-29-76(27-25-74)42-61(88)89/h11-17,21,33,36,46,48,50,54H,2-10,18-20,22-32,34-35,37-44H2,1H3,(H,71,81)(H,72,82)(H,73,92)(H,86,87)(H,88,89)(H,90,91)/t48-,50-,54?/m1/s1. The Morgan fingerprint density at radius 3 is 2.00 bits per heavy atom. The van der Waals surface area contributed by atoms with E-state index in [1.807, 2.05) is 17.0 Å². The molecule has 4 fully saturated rings. The van der Waals surface area contributed by atoms with E-state index in [1.165, 1.54) is 42.9 Å². The van der Waals surface area contributed by atoms with Gasteiger partial charge < -0.3 is 45.8 Å². The molecule has 2 aromatic carbocycles. The molecule has 0 radical (unpaired) electrons. The summed E-state index contributed by atoms with van der Waals surface area (Å²) in [6.45, 7) is 0.984. The Labute approximate surface area is 569 Å². The number of thioether (sulfide) groups is 1. The van der Waals surface area contributed by atoms with Crippen molar-refractivity contribution in [3.05, 3.63) is 69.4 Å². The van der Waals surface area contributed by atoms with E-state index in [4.69, 9.17) is 4.74 Å². The lowest BCUT2D eigenvalue weighted by molar-refractivity contribution is -0.146. The summed E-state index contributed by atoms with van der Waals surface area (Å²) >= 11 is 3.54. The number of nitrogens with zero attached hydrogens (tertiary/aromatic N) is 9. The van der Waals surface area contributed by atoms with Crippen molar-refractivity contribution in [2.24, 2.45) is 10.9 Å². The number of alkyl halides is 2. The zero-order valence-corrected chi connectivity index (χ0v) is 56.8. The van der Waals surface area contributed by atoms with Crippen LogP contribution in [0, 0.1) is 9.49 Å². The highest BCUT2D eigenvalue weighted by Crippen LogP contribution is 2.33. The maximum absolute atomic E-state index is 14.2. The molecule has 4 aliphatic heterocycles. The Balaban J connectivity index is 0.880. The third kappa shape index (κ3) is 25.5. The number of pyridine rings is 1. The van der Waals surface area contributed by atoms with Crippen molar-refractivity contribution in [1.82, 2.24) is 55.2 Å². The number of piperidine rings is 1. The highest BCUT2D eigenvalue weighted by molar-refractivity contribution is 14.1. The third-order valence-electron chi connectivity index (χ3n) is 17.4. The van der Waals surface area contributed by atoms with Gasteiger partial charge in [-0.15, -0.1) is 11.8 Å². The summed E-state index contributed by atoms with van der Waals surface area (Å²) in [6, 6.07) is 14.0. The van der Waals surface area contributed by atoms with Crippen LogP contribution in [-0.4, -0.2) is 281 Å². The largest absolute Gasteiger partial charge is 0.494 e. The van der Waals surface area contributed by atoms with Crippen LogP contribution in [0.25, 0.3) is 10.9 Å². The van der Waals surface area contributed by atoms with Crippen LogP contribution >= 0.6 is 34.4 Å². The molecular weight excluding hydrogens is 1370 g/mol. The number of hydrogen-bond acceptors (Lipinski definition) is 18. The van der Waals surface area contributed by atoms with Crippen molar-refractivity contribution >= 4 is 111 Å². The number of aryl methyl sites for hydroxylation is 1. The van der Waals surface area contributed by atoms with Crippen LogP contribution in [0.3, 0.4) is 0 Å². The highest BCUT2D eigenvalue weighted by Gasteiger charge is 2.46. The zero-order valence-electron chi connectivity index (χ0n) is 53.8. The molecule has 5 heterocycles. The molecule has 1 aromatic heterocycles. The lowest BCUT2D eigenvalue weighted by atomic mass is 9.92. The summed E-state index contributed by atoms with van der Waals surface area (Å²) < 4.78 is 35.6. The summed E-state index contributed by atoms with van der Waals surface area (Å²) in [7, 11) is 1.44. The van der Waals surface area contributed by atoms with E-state index in [2.05, 4.69) is 60.7 Å². The maximum Gasteiger partial charge on any atom is 0.317 e. The lowest BCUT2D eigenvalue weighted by Crippen LogP contribution is -2.50. The van der Waals surface area contributed by atoms with Gasteiger partial charge in [0.25, 0.3) is 11.8 Å². The number of ether oxygens (including phenoxy) is 1. The highest BCUT2D eigenvalue weighted by atomic mass is 127. The Kier molecular flexibility index (Phi) is 30.2. The summed E-state index contributed by atoms with van der Waals surface area (Å²) in [4.78, 5) is 148. The van der Waals surface area contributed by atoms with Gasteiger partial charge in [-0.3, -0.25) is 82.4 Å². The Hall–Kier alpha value is -7.00. The first-order valence-electron chi connectivity index (χ1n) is 32.5. The SMILES string of the molecule is CN=C[C@H]1CC(F)(F)CN1C(=O)CNC(=O)c1ccnc2ccc(OCCCC3CCN(C(=O)CN4C(=O)CC(S[C@H](CCCCCNC(=O)CCCc5ccc(I)cc5)CNC(=O)CN5CCN(CC(=O)O)CCN(CC(=O)O)CCN(CC(=O)O)CC5)C4=O)CC3)cc12. The number of fused-ring (bicyclic) bond motifs is 1. The van der Waals surface area contributed by atoms with E-state index in [9.17, 15) is 72.0 Å². The summed E-state index contributed by atoms with van der Waals surface area (Å²) in [6.07, 6.45) is 9.55. The Bertz CT molecular complexity index is 3130. The molecule has 0 bridgehead atoms. The Morgan fingerprint density at radius 1 is 0.747 bits per heavy atom. The van der Waals surface area contributed by atoms with Crippen molar-refractivity contribution in [2.75, 3.05) is 138 Å². The van der Waals surface area contributed by atoms with Gasteiger partial charge >= 0.3 is 17.9 Å². The minimum Gasteiger partial charge on any atom is -0.494 e. The molecule has 0 aliphatic carbocycles. The molecule has 0 saturated carbocycles. The Morgan fingerprint density at radius 2 is 1.38 bits per heavy atom. The number of aliphatic imine (C=N–C) groups is 1. The van der Waals surface area contributed by atoms with Crippen molar-refractivity contribution < 1.29 is 76.8 Å². The van der Waals surface area contributed by atoms with E-state index in [-0.39, 0.29) is 126 Å². The number of carboxylic acids is 3. The topological polar surface area (TPSA) is 325 Å². The molecule has 3 atom stereocenters. The zero-order chi connectivity index (χ0) is 68.4. The number of hydrogen-bond donors (Lipinski definition) is 6. The van der Waals surface area contributed by atoms with Crippen LogP contribution in [0.1, 0.15) is 93.0 Å². The summed E-state index contributed by atoms with van der Waals surface area (Å²) in [5.41, 5.74) is 1.91. The number of likely N-dealkylation sites (tertiary alicyclic amines) is 3. The molecule has 0 spiro atoms. The lowest BCUT2D eigenvalue weighted by Gasteiger charge is -2.33. The molecule has 1 unspecified atom stereocenters. The van der Waals surface area contributed by atoms with Gasteiger partial charge in [0.2, 0.25) is 35.4 Å². The van der Waals surface area contributed by atoms with E-state index >= 15 is 0 Å². The number of amides is 7. The van der Waals surface area contributed by atoms with Crippen LogP contribution in [0.4, 0.5) is 8.78 Å². The van der Waals surface area contributed by atoms with Crippen LogP contribution in [0.5, 0.6) is 5.75 Å². The number of carbonyl (C=O) groups is 10. The van der Waals surface area contributed by atoms with Gasteiger partial charge in [0.05, 0.1) is 68.2 Å². The number of aromatic nitrogens is 1. The second-order valence-electron chi connectivity index (χ2n) is 24.6. The maximum atomic E-state index is 14.2. The number of rotatable bonds is 33. The molecule has 30 heteroatoms. The van der Waals surface area contributed by atoms with E-state index in [0.29, 0.717) is 87.8 Å². The monoisotopic (exact) mass is 1460 g/mol. The molecule has 26 nitrogen and oxygen atoms in total. The van der Waals surface area contributed by atoms with E-state index in [1.54, 1.807) is 37.8 Å². The second-order valence-corrected chi connectivity index (χ2v) is 27.4. The van der Waals surface area contributed by atoms with Crippen LogP contribution in [0.15, 0.2) is 59.7 Å². The number of imide groups is 1. The number of benzene rings is 2. The first-order chi connectivity index (χ1) is 45.5. The van der Waals surface area contributed by atoms with Crippen molar-refractivity contribution in [3.63, 3.8) is 0 Å². The summed E-state index contributed by atoms with van der Waals surface area (Å²) in [5, 5.41) is 36.8. The van der Waals surface area contributed by atoms with Gasteiger partial charge in [-0.1, -0.05) is 25.0 Å². The van der Waals surface area contributed by atoms with Gasteiger partial charge in [-0.2, -0.15) is 0 Å². The fourth-order valence-corrected chi connectivity index (χ4v) is 14.0. The van der Waals surface area contributed by atoms with Gasteiger partial charge in [0.15, 0.2) is 0 Å². The second kappa shape index (κ2) is 38.1. The first-order valence-corrected chi connectivity index (χ1v) is 34.5. The van der Waals surface area contributed by atoms with Crippen LogP contribution < -0.4 is 20.7 Å². The summed E-state index contributed by atoms with van der Waals surface area (Å²) in [5.74, 6) is -8.41. The number of carboxylic acid groups (broad SMARTS) is 3. The number of unbranched alkanes of at least 4 members (excludes halogenated alkanes) is 2. The number of nitrogens with one attached hydrogen (secondary N) is 3. The fourth-order valence-electron chi connectivity index (χ4n) is 12.2. The van der Waals surface area contributed by atoms with Gasteiger partial charge in [-0.25, -0.2) is 8.78 Å². The molecule has 7 rings (SSSR count). The number of carbonyl (C=O) groups excluding carboxylic acids is 7. The molecule has 95 heavy (non-hydrogen) atoms. The molecule has 4 saturated heterocycles. The first kappa shape index (κ1) is 75.4. The van der Waals surface area contributed by atoms with Gasteiger partial charge in [-0.05, 0) is 122 Å². The van der Waals surface area contributed by atoms with E-state index in [0.717, 1.165) is 39.1 Å². The predicted octanol–water partition coefficient (Wildman–Crippen LogP) is 3.42. The minimum absolute atomic E-state index is 0.0287. The molecule has 520 valence electrons. The van der Waals surface area contributed by atoms with E-state index < -0.39 is 84.8 Å². The number of halogens is 3. The van der Waals surface area contributed by atoms with Gasteiger partial charge in [0, 0.05) is 131 Å². The smallest absolute Gasteiger partial charge is 0.317 e. The normalized spacial score (nSPS) is 19.3. The molecule has 4 aliphatic rings. The van der Waals surface area contributed by atoms with Crippen LogP contribution in [0.2, 0.25) is 0 Å². The molecule has 3 aromatic rings. The van der Waals surface area contributed by atoms with Gasteiger partial charge in [0.1, 0.15) is 12.3 Å².